The first kappa shape index (κ1) is 15.3. The summed E-state index contributed by atoms with van der Waals surface area (Å²) < 4.78 is 0.938. The van der Waals surface area contributed by atoms with E-state index in [2.05, 4.69) is 27.9 Å². The molecule has 1 unspecified atom stereocenters. The molecule has 0 aliphatic rings. The van der Waals surface area contributed by atoms with Crippen LogP contribution in [0.2, 0.25) is 5.02 Å². The molecule has 2 aromatic rings. The van der Waals surface area contributed by atoms with E-state index < -0.39 is 0 Å². The second-order valence-corrected chi connectivity index (χ2v) is 6.25. The standard InChI is InChI=1S/C16H15ClINO/c1-10-5-3-4-6-13(10)11(2)19-16(20)12-7-8-15(18)14(17)9-12/h3-9,11H,1-2H3,(H,19,20). The summed E-state index contributed by atoms with van der Waals surface area (Å²) in [5.74, 6) is -0.112. The predicted octanol–water partition coefficient (Wildman–Crippen LogP) is 4.74. The van der Waals surface area contributed by atoms with Gasteiger partial charge in [-0.2, -0.15) is 0 Å². The highest BCUT2D eigenvalue weighted by atomic mass is 127. The summed E-state index contributed by atoms with van der Waals surface area (Å²) in [5, 5.41) is 3.60. The number of amides is 1. The third-order valence-corrected chi connectivity index (χ3v) is 4.76. The lowest BCUT2D eigenvalue weighted by atomic mass is 10.0. The largest absolute Gasteiger partial charge is 0.346 e. The van der Waals surface area contributed by atoms with E-state index in [-0.39, 0.29) is 11.9 Å². The first-order chi connectivity index (χ1) is 9.49. The lowest BCUT2D eigenvalue weighted by molar-refractivity contribution is 0.0940. The molecule has 4 heteroatoms. The van der Waals surface area contributed by atoms with Gasteiger partial charge in [0.2, 0.25) is 0 Å². The van der Waals surface area contributed by atoms with E-state index in [0.29, 0.717) is 10.6 Å². The average molecular weight is 400 g/mol. The van der Waals surface area contributed by atoms with Crippen LogP contribution in [0.1, 0.15) is 34.5 Å². The lowest BCUT2D eigenvalue weighted by Gasteiger charge is -2.16. The highest BCUT2D eigenvalue weighted by Crippen LogP contribution is 2.21. The van der Waals surface area contributed by atoms with Gasteiger partial charge >= 0.3 is 0 Å². The summed E-state index contributed by atoms with van der Waals surface area (Å²) >= 11 is 8.19. The first-order valence-electron chi connectivity index (χ1n) is 6.30. The predicted molar refractivity (Wildman–Crippen MR) is 91.2 cm³/mol. The second kappa shape index (κ2) is 6.59. The van der Waals surface area contributed by atoms with Crippen LogP contribution >= 0.6 is 34.2 Å². The lowest BCUT2D eigenvalue weighted by Crippen LogP contribution is -2.27. The van der Waals surface area contributed by atoms with Crippen molar-refractivity contribution in [2.75, 3.05) is 0 Å². The zero-order valence-electron chi connectivity index (χ0n) is 11.3. The van der Waals surface area contributed by atoms with Crippen LogP contribution in [0.4, 0.5) is 0 Å². The Morgan fingerprint density at radius 3 is 2.60 bits per heavy atom. The molecule has 0 saturated carbocycles. The number of aryl methyl sites for hydroxylation is 1. The van der Waals surface area contributed by atoms with Gasteiger partial charge in [0.05, 0.1) is 11.1 Å². The number of hydrogen-bond donors (Lipinski definition) is 1. The molecule has 1 N–H and O–H groups in total. The number of halogens is 2. The quantitative estimate of drug-likeness (QED) is 0.742. The number of rotatable bonds is 3. The van der Waals surface area contributed by atoms with Crippen molar-refractivity contribution in [3.63, 3.8) is 0 Å². The molecule has 0 saturated heterocycles. The third-order valence-electron chi connectivity index (χ3n) is 3.18. The van der Waals surface area contributed by atoms with E-state index in [0.717, 1.165) is 9.13 Å². The number of nitrogens with one attached hydrogen (secondary N) is 1. The van der Waals surface area contributed by atoms with Gasteiger partial charge in [-0.15, -0.1) is 0 Å². The molecule has 2 aromatic carbocycles. The third kappa shape index (κ3) is 3.52. The van der Waals surface area contributed by atoms with Gasteiger partial charge in [-0.25, -0.2) is 0 Å². The molecule has 0 aliphatic heterocycles. The Labute approximate surface area is 137 Å². The first-order valence-corrected chi connectivity index (χ1v) is 7.76. The van der Waals surface area contributed by atoms with Gasteiger partial charge in [-0.3, -0.25) is 4.79 Å². The van der Waals surface area contributed by atoms with Gasteiger partial charge in [0.25, 0.3) is 5.91 Å². The van der Waals surface area contributed by atoms with Gasteiger partial charge in [-0.05, 0) is 65.8 Å². The summed E-state index contributed by atoms with van der Waals surface area (Å²) in [6.45, 7) is 4.02. The summed E-state index contributed by atoms with van der Waals surface area (Å²) in [4.78, 5) is 12.2. The van der Waals surface area contributed by atoms with Crippen molar-refractivity contribution >= 4 is 40.1 Å². The maximum atomic E-state index is 12.2. The fourth-order valence-electron chi connectivity index (χ4n) is 2.07. The van der Waals surface area contributed by atoms with Crippen LogP contribution in [0.25, 0.3) is 0 Å². The van der Waals surface area contributed by atoms with Crippen molar-refractivity contribution in [1.29, 1.82) is 0 Å². The highest BCUT2D eigenvalue weighted by Gasteiger charge is 2.13. The smallest absolute Gasteiger partial charge is 0.251 e. The molecule has 1 atom stereocenters. The summed E-state index contributed by atoms with van der Waals surface area (Å²) in [6, 6.07) is 13.3. The second-order valence-electron chi connectivity index (χ2n) is 4.68. The van der Waals surface area contributed by atoms with E-state index in [1.54, 1.807) is 12.1 Å². The zero-order chi connectivity index (χ0) is 14.7. The Kier molecular flexibility index (Phi) is 5.05. The van der Waals surface area contributed by atoms with Crippen molar-refractivity contribution in [2.45, 2.75) is 19.9 Å². The van der Waals surface area contributed by atoms with Crippen LogP contribution in [0.3, 0.4) is 0 Å². The minimum absolute atomic E-state index is 0.0400. The molecular formula is C16H15ClINO. The molecule has 0 radical (unpaired) electrons. The number of hydrogen-bond acceptors (Lipinski definition) is 1. The van der Waals surface area contributed by atoms with Crippen LogP contribution in [0, 0.1) is 10.5 Å². The molecule has 104 valence electrons. The Bertz CT molecular complexity index is 642. The fourth-order valence-corrected chi connectivity index (χ4v) is 2.58. The highest BCUT2D eigenvalue weighted by molar-refractivity contribution is 14.1. The molecule has 0 heterocycles. The maximum Gasteiger partial charge on any atom is 0.251 e. The molecule has 2 rings (SSSR count). The van der Waals surface area contributed by atoms with Crippen molar-refractivity contribution in [3.05, 3.63) is 67.7 Å². The average Bonchev–Trinajstić information content (AvgIpc) is 2.42. The SMILES string of the molecule is Cc1ccccc1C(C)NC(=O)c1ccc(I)c(Cl)c1. The minimum atomic E-state index is -0.112. The molecule has 2 nitrogen and oxygen atoms in total. The molecule has 0 aliphatic carbocycles. The minimum Gasteiger partial charge on any atom is -0.346 e. The Morgan fingerprint density at radius 2 is 1.95 bits per heavy atom. The monoisotopic (exact) mass is 399 g/mol. The summed E-state index contributed by atoms with van der Waals surface area (Å²) in [5.41, 5.74) is 2.87. The number of carbonyl (C=O) groups is 1. The van der Waals surface area contributed by atoms with Crippen molar-refractivity contribution in [3.8, 4) is 0 Å². The molecule has 1 amide bonds. The van der Waals surface area contributed by atoms with Gasteiger partial charge in [0.15, 0.2) is 0 Å². The Hall–Kier alpha value is -1.07. The van der Waals surface area contributed by atoms with Crippen LogP contribution in [0.15, 0.2) is 42.5 Å². The molecule has 0 aromatic heterocycles. The van der Waals surface area contributed by atoms with Crippen molar-refractivity contribution < 1.29 is 4.79 Å². The maximum absolute atomic E-state index is 12.2. The van der Waals surface area contributed by atoms with Crippen LogP contribution < -0.4 is 5.32 Å². The van der Waals surface area contributed by atoms with Crippen molar-refractivity contribution in [2.24, 2.45) is 0 Å². The van der Waals surface area contributed by atoms with Crippen LogP contribution in [-0.2, 0) is 0 Å². The van der Waals surface area contributed by atoms with E-state index >= 15 is 0 Å². The van der Waals surface area contributed by atoms with Crippen LogP contribution in [-0.4, -0.2) is 5.91 Å². The number of benzene rings is 2. The van der Waals surface area contributed by atoms with Gasteiger partial charge in [0, 0.05) is 9.13 Å². The zero-order valence-corrected chi connectivity index (χ0v) is 14.2. The molecular weight excluding hydrogens is 385 g/mol. The number of carbonyl (C=O) groups excluding carboxylic acids is 1. The molecule has 0 fully saturated rings. The van der Waals surface area contributed by atoms with E-state index in [4.69, 9.17) is 11.6 Å². The van der Waals surface area contributed by atoms with Gasteiger partial charge in [-0.1, -0.05) is 35.9 Å². The fraction of sp³-hybridized carbons (Fsp3) is 0.188. The molecule has 0 bridgehead atoms. The normalized spacial score (nSPS) is 12.0. The van der Waals surface area contributed by atoms with Crippen LogP contribution in [0.5, 0.6) is 0 Å². The Balaban J connectivity index is 2.15. The summed E-state index contributed by atoms with van der Waals surface area (Å²) in [6.07, 6.45) is 0. The Morgan fingerprint density at radius 1 is 1.25 bits per heavy atom. The topological polar surface area (TPSA) is 29.1 Å². The van der Waals surface area contributed by atoms with Crippen molar-refractivity contribution in [1.82, 2.24) is 5.32 Å². The van der Waals surface area contributed by atoms with Gasteiger partial charge in [0.1, 0.15) is 0 Å². The van der Waals surface area contributed by atoms with E-state index in [9.17, 15) is 4.79 Å². The summed E-state index contributed by atoms with van der Waals surface area (Å²) in [7, 11) is 0. The molecule has 20 heavy (non-hydrogen) atoms. The van der Waals surface area contributed by atoms with E-state index in [1.807, 2.05) is 44.2 Å². The van der Waals surface area contributed by atoms with E-state index in [1.165, 1.54) is 5.56 Å². The molecule has 0 spiro atoms. The van der Waals surface area contributed by atoms with Gasteiger partial charge < -0.3 is 5.32 Å².